The third-order valence-corrected chi connectivity index (χ3v) is 7.48. The molecule has 5 rings (SSSR count). The normalized spacial score (nSPS) is 21.9. The number of hydrogen-bond donors (Lipinski definition) is 0. The van der Waals surface area contributed by atoms with Crippen molar-refractivity contribution in [1.82, 2.24) is 9.80 Å². The van der Waals surface area contributed by atoms with E-state index in [1.807, 2.05) is 0 Å². The average Bonchev–Trinajstić information content (AvgIpc) is 3.29. The third-order valence-electron chi connectivity index (χ3n) is 7.48. The average molecular weight is 439 g/mol. The van der Waals surface area contributed by atoms with Gasteiger partial charge in [-0.3, -0.25) is 9.69 Å². The minimum absolute atomic E-state index is 0.0268. The summed E-state index contributed by atoms with van der Waals surface area (Å²) in [6, 6.07) is 32.4. The molecule has 0 aromatic heterocycles. The summed E-state index contributed by atoms with van der Waals surface area (Å²) in [5.74, 6) is 1.01. The highest BCUT2D eigenvalue weighted by Crippen LogP contribution is 2.38. The summed E-state index contributed by atoms with van der Waals surface area (Å²) in [6.07, 6.45) is 5.32. The summed E-state index contributed by atoms with van der Waals surface area (Å²) in [5.41, 5.74) is 4.02. The fourth-order valence-electron chi connectivity index (χ4n) is 5.69. The largest absolute Gasteiger partial charge is 0.341 e. The number of piperidine rings is 1. The van der Waals surface area contributed by atoms with Gasteiger partial charge in [-0.05, 0) is 54.7 Å². The van der Waals surface area contributed by atoms with Crippen LogP contribution in [-0.2, 0) is 17.8 Å². The van der Waals surface area contributed by atoms with Crippen molar-refractivity contribution in [3.63, 3.8) is 0 Å². The molecule has 0 saturated carbocycles. The second-order valence-corrected chi connectivity index (χ2v) is 9.64. The highest BCUT2D eigenvalue weighted by molar-refractivity contribution is 5.82. The molecule has 3 aromatic rings. The molecule has 0 radical (unpaired) electrons. The van der Waals surface area contributed by atoms with E-state index >= 15 is 0 Å². The van der Waals surface area contributed by atoms with Crippen LogP contribution in [0.2, 0.25) is 0 Å². The van der Waals surface area contributed by atoms with Gasteiger partial charge in [0, 0.05) is 25.7 Å². The van der Waals surface area contributed by atoms with Crippen LogP contribution in [-0.4, -0.2) is 34.8 Å². The molecule has 2 saturated heterocycles. The summed E-state index contributed by atoms with van der Waals surface area (Å²) in [6.45, 7) is 2.60. The van der Waals surface area contributed by atoms with E-state index in [4.69, 9.17) is 0 Å². The van der Waals surface area contributed by atoms with Gasteiger partial charge in [-0.1, -0.05) is 91.0 Å². The van der Waals surface area contributed by atoms with Crippen molar-refractivity contribution in [3.05, 3.63) is 108 Å². The molecule has 0 aliphatic carbocycles. The minimum atomic E-state index is -0.0268. The molecule has 2 aliphatic heterocycles. The molecule has 3 heteroatoms. The zero-order chi connectivity index (χ0) is 22.5. The summed E-state index contributed by atoms with van der Waals surface area (Å²) in [7, 11) is 0. The highest BCUT2D eigenvalue weighted by atomic mass is 16.2. The predicted molar refractivity (Wildman–Crippen MR) is 134 cm³/mol. The number of benzene rings is 3. The van der Waals surface area contributed by atoms with E-state index in [0.29, 0.717) is 17.9 Å². The van der Waals surface area contributed by atoms with E-state index in [-0.39, 0.29) is 6.04 Å². The number of likely N-dealkylation sites (tertiary alicyclic amines) is 2. The lowest BCUT2D eigenvalue weighted by Crippen LogP contribution is -2.48. The zero-order valence-electron chi connectivity index (χ0n) is 19.4. The van der Waals surface area contributed by atoms with Gasteiger partial charge in [-0.25, -0.2) is 0 Å². The van der Waals surface area contributed by atoms with E-state index in [9.17, 15) is 4.79 Å². The topological polar surface area (TPSA) is 23.6 Å². The molecule has 0 bridgehead atoms. The lowest BCUT2D eigenvalue weighted by atomic mass is 9.90. The Morgan fingerprint density at radius 3 is 1.91 bits per heavy atom. The Kier molecular flexibility index (Phi) is 6.87. The summed E-state index contributed by atoms with van der Waals surface area (Å²) >= 11 is 0. The van der Waals surface area contributed by atoms with Crippen molar-refractivity contribution < 1.29 is 4.79 Å². The van der Waals surface area contributed by atoms with Crippen LogP contribution in [0.25, 0.3) is 0 Å². The Bertz CT molecular complexity index is 1010. The first-order valence-electron chi connectivity index (χ1n) is 12.5. The summed E-state index contributed by atoms with van der Waals surface area (Å²) in [4.78, 5) is 18.3. The molecule has 0 unspecified atom stereocenters. The molecule has 2 aliphatic rings. The van der Waals surface area contributed by atoms with Crippen molar-refractivity contribution in [2.75, 3.05) is 13.1 Å². The van der Waals surface area contributed by atoms with Crippen molar-refractivity contribution in [2.45, 2.75) is 50.7 Å². The minimum Gasteiger partial charge on any atom is -0.341 e. The van der Waals surface area contributed by atoms with Gasteiger partial charge < -0.3 is 4.90 Å². The van der Waals surface area contributed by atoms with E-state index in [2.05, 4.69) is 101 Å². The lowest BCUT2D eigenvalue weighted by molar-refractivity contribution is -0.138. The van der Waals surface area contributed by atoms with Gasteiger partial charge in [0.2, 0.25) is 5.91 Å². The van der Waals surface area contributed by atoms with Crippen LogP contribution in [0, 0.1) is 5.92 Å². The first kappa shape index (κ1) is 21.9. The molecule has 0 N–H and O–H groups in total. The molecular weight excluding hydrogens is 404 g/mol. The first-order valence-corrected chi connectivity index (χ1v) is 12.5. The second-order valence-electron chi connectivity index (χ2n) is 9.64. The maximum absolute atomic E-state index is 13.7. The van der Waals surface area contributed by atoms with Gasteiger partial charge in [0.25, 0.3) is 0 Å². The maximum Gasteiger partial charge on any atom is 0.239 e. The van der Waals surface area contributed by atoms with Gasteiger partial charge in [0.05, 0.1) is 6.04 Å². The van der Waals surface area contributed by atoms with E-state index in [1.54, 1.807) is 0 Å². The van der Waals surface area contributed by atoms with E-state index in [1.165, 1.54) is 16.7 Å². The number of carbonyl (C=O) groups excluding carboxylic acids is 1. The Morgan fingerprint density at radius 2 is 1.27 bits per heavy atom. The van der Waals surface area contributed by atoms with E-state index in [0.717, 1.165) is 51.7 Å². The quantitative estimate of drug-likeness (QED) is 0.480. The Morgan fingerprint density at radius 1 is 0.697 bits per heavy atom. The molecule has 0 spiro atoms. The van der Waals surface area contributed by atoms with Crippen LogP contribution in [0.1, 0.15) is 48.4 Å². The van der Waals surface area contributed by atoms with Gasteiger partial charge in [-0.2, -0.15) is 0 Å². The monoisotopic (exact) mass is 438 g/mol. The van der Waals surface area contributed by atoms with Gasteiger partial charge in [-0.15, -0.1) is 0 Å². The molecular formula is C30H34N2O. The molecule has 1 amide bonds. The number of amides is 1. The van der Waals surface area contributed by atoms with Crippen molar-refractivity contribution in [2.24, 2.45) is 5.92 Å². The van der Waals surface area contributed by atoms with Crippen molar-refractivity contribution in [1.29, 1.82) is 0 Å². The molecule has 3 nitrogen and oxygen atoms in total. The smallest absolute Gasteiger partial charge is 0.239 e. The molecule has 170 valence electrons. The standard InChI is InChI=1S/C30H34N2O/c33-30(31-20-18-25(19-21-31)22-24-10-4-1-5-11-24)29-17-16-28(27-14-8-3-9-15-27)32(29)23-26-12-6-2-7-13-26/h1-15,25,28-29H,16-23H2/t28-,29+/m0/s1. The fraction of sp³-hybridized carbons (Fsp3) is 0.367. The SMILES string of the molecule is O=C([C@H]1CC[C@@H](c2ccccc2)N1Cc1ccccc1)N1CCC(Cc2ccccc2)CC1. The highest BCUT2D eigenvalue weighted by Gasteiger charge is 2.40. The molecule has 33 heavy (non-hydrogen) atoms. The third kappa shape index (κ3) is 5.20. The van der Waals surface area contributed by atoms with Crippen LogP contribution in [0.5, 0.6) is 0 Å². The van der Waals surface area contributed by atoms with E-state index < -0.39 is 0 Å². The Labute approximate surface area is 198 Å². The number of carbonyl (C=O) groups is 1. The van der Waals surface area contributed by atoms with Crippen LogP contribution in [0.4, 0.5) is 0 Å². The molecule has 3 aromatic carbocycles. The predicted octanol–water partition coefficient (Wildman–Crippen LogP) is 5.87. The zero-order valence-corrected chi connectivity index (χ0v) is 19.4. The Hall–Kier alpha value is -2.91. The van der Waals surface area contributed by atoms with Crippen molar-refractivity contribution >= 4 is 5.91 Å². The number of hydrogen-bond acceptors (Lipinski definition) is 2. The number of nitrogens with zero attached hydrogens (tertiary/aromatic N) is 2. The summed E-state index contributed by atoms with van der Waals surface area (Å²) < 4.78 is 0. The molecule has 2 atom stereocenters. The van der Waals surface area contributed by atoms with Gasteiger partial charge in [0.1, 0.15) is 0 Å². The van der Waals surface area contributed by atoms with Crippen LogP contribution >= 0.6 is 0 Å². The van der Waals surface area contributed by atoms with Gasteiger partial charge >= 0.3 is 0 Å². The first-order chi connectivity index (χ1) is 16.3. The maximum atomic E-state index is 13.7. The number of rotatable bonds is 6. The molecule has 2 heterocycles. The molecule has 2 fully saturated rings. The van der Waals surface area contributed by atoms with Crippen LogP contribution in [0.3, 0.4) is 0 Å². The lowest BCUT2D eigenvalue weighted by Gasteiger charge is -2.37. The van der Waals surface area contributed by atoms with Crippen LogP contribution < -0.4 is 0 Å². The Balaban J connectivity index is 1.27. The van der Waals surface area contributed by atoms with Gasteiger partial charge in [0.15, 0.2) is 0 Å². The van der Waals surface area contributed by atoms with Crippen LogP contribution in [0.15, 0.2) is 91.0 Å². The second kappa shape index (κ2) is 10.4. The van der Waals surface area contributed by atoms with Crippen molar-refractivity contribution in [3.8, 4) is 0 Å². The summed E-state index contributed by atoms with van der Waals surface area (Å²) in [5, 5.41) is 0. The fourth-order valence-corrected chi connectivity index (χ4v) is 5.69.